The number of imide groups is 1. The maximum Gasteiger partial charge on any atom is 0.251 e. The van der Waals surface area contributed by atoms with E-state index in [0.717, 1.165) is 5.56 Å². The highest BCUT2D eigenvalue weighted by Crippen LogP contribution is 2.25. The van der Waals surface area contributed by atoms with Crippen LogP contribution in [0.1, 0.15) is 12.0 Å². The monoisotopic (exact) mass is 382 g/mol. The van der Waals surface area contributed by atoms with Gasteiger partial charge in [-0.15, -0.1) is 0 Å². The Morgan fingerprint density at radius 1 is 1.00 bits per heavy atom. The number of benzene rings is 2. The number of hydrogen-bond acceptors (Lipinski definition) is 3. The Morgan fingerprint density at radius 3 is 2.38 bits per heavy atom. The van der Waals surface area contributed by atoms with Crippen molar-refractivity contribution < 1.29 is 9.59 Å². The minimum Gasteiger partial charge on any atom is -0.301 e. The van der Waals surface area contributed by atoms with E-state index in [-0.39, 0.29) is 18.2 Å². The fourth-order valence-electron chi connectivity index (χ4n) is 2.54. The molecule has 1 N–H and O–H groups in total. The van der Waals surface area contributed by atoms with Crippen LogP contribution in [-0.4, -0.2) is 17.9 Å². The van der Waals surface area contributed by atoms with E-state index in [1.807, 2.05) is 6.07 Å². The van der Waals surface area contributed by atoms with Gasteiger partial charge < -0.3 is 5.32 Å². The molecular formula is C17H13Cl3N2O2. The van der Waals surface area contributed by atoms with E-state index in [0.29, 0.717) is 27.3 Å². The smallest absolute Gasteiger partial charge is 0.251 e. The van der Waals surface area contributed by atoms with Gasteiger partial charge in [-0.3, -0.25) is 9.59 Å². The van der Waals surface area contributed by atoms with Crippen molar-refractivity contribution in [1.82, 2.24) is 5.32 Å². The van der Waals surface area contributed by atoms with Crippen LogP contribution < -0.4 is 10.2 Å². The average molecular weight is 384 g/mol. The lowest BCUT2D eigenvalue weighted by Gasteiger charge is -2.15. The number of nitrogens with zero attached hydrogens (tertiary/aromatic N) is 1. The summed E-state index contributed by atoms with van der Waals surface area (Å²) in [4.78, 5) is 25.9. The molecular weight excluding hydrogens is 371 g/mol. The Balaban J connectivity index is 1.69. The van der Waals surface area contributed by atoms with Crippen LogP contribution in [0.4, 0.5) is 5.69 Å². The Hall–Kier alpha value is -1.59. The largest absolute Gasteiger partial charge is 0.301 e. The zero-order valence-electron chi connectivity index (χ0n) is 12.4. The molecule has 1 atom stereocenters. The van der Waals surface area contributed by atoms with Gasteiger partial charge in [-0.25, -0.2) is 4.90 Å². The third-order valence-electron chi connectivity index (χ3n) is 3.77. The van der Waals surface area contributed by atoms with Gasteiger partial charge in [0.1, 0.15) is 0 Å². The summed E-state index contributed by atoms with van der Waals surface area (Å²) in [6.07, 6.45) is 0.114. The molecule has 124 valence electrons. The van der Waals surface area contributed by atoms with Gasteiger partial charge in [0.15, 0.2) is 0 Å². The fourth-order valence-corrected chi connectivity index (χ4v) is 2.99. The van der Waals surface area contributed by atoms with E-state index in [2.05, 4.69) is 5.32 Å². The molecule has 24 heavy (non-hydrogen) atoms. The molecule has 1 aliphatic heterocycles. The highest BCUT2D eigenvalue weighted by Gasteiger charge is 2.39. The first kappa shape index (κ1) is 17.2. The molecule has 0 radical (unpaired) electrons. The molecule has 0 saturated carbocycles. The van der Waals surface area contributed by atoms with Gasteiger partial charge in [-0.1, -0.05) is 40.9 Å². The highest BCUT2D eigenvalue weighted by molar-refractivity contribution is 6.42. The first-order valence-corrected chi connectivity index (χ1v) is 8.39. The third-order valence-corrected chi connectivity index (χ3v) is 4.76. The molecule has 4 nitrogen and oxygen atoms in total. The molecule has 0 bridgehead atoms. The lowest BCUT2D eigenvalue weighted by atomic mass is 10.2. The van der Waals surface area contributed by atoms with E-state index in [1.54, 1.807) is 36.4 Å². The van der Waals surface area contributed by atoms with E-state index in [9.17, 15) is 9.59 Å². The van der Waals surface area contributed by atoms with Gasteiger partial charge in [0.25, 0.3) is 5.91 Å². The highest BCUT2D eigenvalue weighted by atomic mass is 35.5. The van der Waals surface area contributed by atoms with Crippen LogP contribution in [0.2, 0.25) is 15.1 Å². The van der Waals surface area contributed by atoms with Gasteiger partial charge in [0, 0.05) is 11.6 Å². The maximum absolute atomic E-state index is 12.5. The summed E-state index contributed by atoms with van der Waals surface area (Å²) >= 11 is 17.7. The molecule has 3 rings (SSSR count). The van der Waals surface area contributed by atoms with Crippen LogP contribution in [0.25, 0.3) is 0 Å². The first-order chi connectivity index (χ1) is 11.5. The fraction of sp³-hybridized carbons (Fsp3) is 0.176. The predicted octanol–water partition coefficient (Wildman–Crippen LogP) is 4.07. The number of carbonyl (C=O) groups is 2. The number of rotatable bonds is 4. The SMILES string of the molecule is O=C1CC(NCc2ccc(Cl)c(Cl)c2)C(=O)N1c1ccc(Cl)cc1. The van der Waals surface area contributed by atoms with Gasteiger partial charge in [0.05, 0.1) is 28.2 Å². The van der Waals surface area contributed by atoms with Crippen LogP contribution in [0.15, 0.2) is 42.5 Å². The summed E-state index contributed by atoms with van der Waals surface area (Å²) in [5.41, 5.74) is 1.41. The quantitative estimate of drug-likeness (QED) is 0.810. The maximum atomic E-state index is 12.5. The predicted molar refractivity (Wildman–Crippen MR) is 95.7 cm³/mol. The van der Waals surface area contributed by atoms with Crippen LogP contribution in [0, 0.1) is 0 Å². The van der Waals surface area contributed by atoms with E-state index >= 15 is 0 Å². The molecule has 2 amide bonds. The molecule has 1 aliphatic rings. The zero-order valence-corrected chi connectivity index (χ0v) is 14.7. The van der Waals surface area contributed by atoms with Crippen molar-refractivity contribution in [3.8, 4) is 0 Å². The lowest BCUT2D eigenvalue weighted by molar-refractivity contribution is -0.121. The number of anilines is 1. The minimum absolute atomic E-state index is 0.114. The Kier molecular flexibility index (Phi) is 5.11. The van der Waals surface area contributed by atoms with Crippen molar-refractivity contribution >= 4 is 52.3 Å². The standard InChI is InChI=1S/C17H13Cl3N2O2/c18-11-2-4-12(5-3-11)22-16(23)8-15(17(22)24)21-9-10-1-6-13(19)14(20)7-10/h1-7,15,21H,8-9H2. The normalized spacial score (nSPS) is 17.6. The second kappa shape index (κ2) is 7.11. The van der Waals surface area contributed by atoms with Crippen LogP contribution in [0.5, 0.6) is 0 Å². The molecule has 1 saturated heterocycles. The van der Waals surface area contributed by atoms with E-state index in [4.69, 9.17) is 34.8 Å². The molecule has 2 aromatic rings. The van der Waals surface area contributed by atoms with Crippen LogP contribution in [-0.2, 0) is 16.1 Å². The van der Waals surface area contributed by atoms with Crippen molar-refractivity contribution in [1.29, 1.82) is 0 Å². The Bertz CT molecular complexity index is 793. The molecule has 0 spiro atoms. The molecule has 2 aromatic carbocycles. The first-order valence-electron chi connectivity index (χ1n) is 7.25. The molecule has 7 heteroatoms. The Labute approximate surface area is 154 Å². The summed E-state index contributed by atoms with van der Waals surface area (Å²) in [5.74, 6) is -0.517. The minimum atomic E-state index is -0.567. The zero-order chi connectivity index (χ0) is 17.3. The molecule has 1 fully saturated rings. The summed E-state index contributed by atoms with van der Waals surface area (Å²) in [7, 11) is 0. The van der Waals surface area contributed by atoms with E-state index < -0.39 is 6.04 Å². The van der Waals surface area contributed by atoms with Crippen molar-refractivity contribution in [2.24, 2.45) is 0 Å². The summed E-state index contributed by atoms with van der Waals surface area (Å²) < 4.78 is 0. The van der Waals surface area contributed by atoms with Gasteiger partial charge >= 0.3 is 0 Å². The second-order valence-electron chi connectivity index (χ2n) is 5.43. The van der Waals surface area contributed by atoms with Crippen LogP contribution >= 0.6 is 34.8 Å². The van der Waals surface area contributed by atoms with Crippen molar-refractivity contribution in [2.75, 3.05) is 4.90 Å². The number of nitrogens with one attached hydrogen (secondary N) is 1. The van der Waals surface area contributed by atoms with Gasteiger partial charge in [0.2, 0.25) is 5.91 Å². The Morgan fingerprint density at radius 2 is 1.71 bits per heavy atom. The summed E-state index contributed by atoms with van der Waals surface area (Å²) in [6, 6.07) is 11.3. The lowest BCUT2D eigenvalue weighted by Crippen LogP contribution is -2.38. The molecule has 0 aromatic heterocycles. The van der Waals surface area contributed by atoms with Crippen LogP contribution in [0.3, 0.4) is 0 Å². The van der Waals surface area contributed by atoms with Gasteiger partial charge in [-0.2, -0.15) is 0 Å². The third kappa shape index (κ3) is 3.57. The molecule has 0 aliphatic carbocycles. The summed E-state index contributed by atoms with van der Waals surface area (Å²) in [6.45, 7) is 0.412. The van der Waals surface area contributed by atoms with E-state index in [1.165, 1.54) is 4.90 Å². The second-order valence-corrected chi connectivity index (χ2v) is 6.68. The number of hydrogen-bond donors (Lipinski definition) is 1. The van der Waals surface area contributed by atoms with Crippen molar-refractivity contribution in [3.63, 3.8) is 0 Å². The number of carbonyl (C=O) groups excluding carboxylic acids is 2. The van der Waals surface area contributed by atoms with Crippen molar-refractivity contribution in [2.45, 2.75) is 19.0 Å². The topological polar surface area (TPSA) is 49.4 Å². The average Bonchev–Trinajstić information content (AvgIpc) is 2.84. The van der Waals surface area contributed by atoms with Gasteiger partial charge in [-0.05, 0) is 42.0 Å². The molecule has 1 unspecified atom stereocenters. The number of halogens is 3. The number of amides is 2. The molecule has 1 heterocycles. The van der Waals surface area contributed by atoms with Crippen molar-refractivity contribution in [3.05, 3.63) is 63.1 Å². The summed E-state index contributed by atoms with van der Waals surface area (Å²) in [5, 5.41) is 4.57.